The van der Waals surface area contributed by atoms with Gasteiger partial charge in [0.05, 0.1) is 5.39 Å². The molecule has 0 aliphatic carbocycles. The smallest absolute Gasteiger partial charge is 0.267 e. The molecule has 3 nitrogen and oxygen atoms in total. The lowest BCUT2D eigenvalue weighted by Crippen LogP contribution is -2.29. The lowest BCUT2D eigenvalue weighted by Gasteiger charge is -1.89. The Morgan fingerprint density at radius 2 is 1.80 bits per heavy atom. The predicted octanol–water partition coefficient (Wildman–Crippen LogP) is 2.81. The highest BCUT2D eigenvalue weighted by atomic mass is 16.5. The highest BCUT2D eigenvalue weighted by Gasteiger charge is 2.03. The summed E-state index contributed by atoms with van der Waals surface area (Å²) in [4.78, 5) is 3.93. The summed E-state index contributed by atoms with van der Waals surface area (Å²) >= 11 is 0. The van der Waals surface area contributed by atoms with E-state index in [-0.39, 0.29) is 0 Å². The van der Waals surface area contributed by atoms with Gasteiger partial charge >= 0.3 is 0 Å². The van der Waals surface area contributed by atoms with Crippen LogP contribution in [0.15, 0.2) is 36.8 Å². The monoisotopic (exact) mass is 207 g/mol. The topological polar surface area (TPSA) is 37.0 Å². The van der Waals surface area contributed by atoms with Crippen LogP contribution >= 0.6 is 0 Å². The third-order valence-corrected chi connectivity index (χ3v) is 1.58. The van der Waals surface area contributed by atoms with E-state index in [1.807, 2.05) is 33.8 Å². The molecule has 0 bridgehead atoms. The summed E-state index contributed by atoms with van der Waals surface area (Å²) in [7, 11) is 0. The minimum atomic E-state index is 0.766. The number of rotatable bonds is 0. The highest BCUT2D eigenvalue weighted by molar-refractivity contribution is 5.73. The Kier molecular flexibility index (Phi) is 6.89. The maximum Gasteiger partial charge on any atom is 0.267 e. The fourth-order valence-electron chi connectivity index (χ4n) is 1.04. The van der Waals surface area contributed by atoms with Gasteiger partial charge in [-0.2, -0.15) is 0 Å². The summed E-state index contributed by atoms with van der Waals surface area (Å²) in [6.45, 7) is 8.00. The van der Waals surface area contributed by atoms with Crippen molar-refractivity contribution in [2.45, 2.75) is 27.7 Å². The second-order valence-corrected chi connectivity index (χ2v) is 2.29. The van der Waals surface area contributed by atoms with Crippen molar-refractivity contribution in [3.8, 4) is 0 Å². The summed E-state index contributed by atoms with van der Waals surface area (Å²) in [5.74, 6) is 0. The van der Waals surface area contributed by atoms with Crippen molar-refractivity contribution in [3.63, 3.8) is 0 Å². The fourth-order valence-corrected chi connectivity index (χ4v) is 1.04. The standard InChI is InChI=1S/C8H7N2O.2C2H6/c11-10-5-1-2-7-6-9-4-3-8(7)10;2*1-2/h1-6,11H;2*1-2H3/q+1;;. The van der Waals surface area contributed by atoms with Crippen molar-refractivity contribution < 1.29 is 9.94 Å². The third kappa shape index (κ3) is 3.54. The maximum absolute atomic E-state index is 9.26. The van der Waals surface area contributed by atoms with Crippen LogP contribution in [0.4, 0.5) is 0 Å². The van der Waals surface area contributed by atoms with Gasteiger partial charge in [-0.25, -0.2) is 0 Å². The number of nitrogens with zero attached hydrogens (tertiary/aromatic N) is 2. The van der Waals surface area contributed by atoms with Crippen LogP contribution in [0.2, 0.25) is 0 Å². The van der Waals surface area contributed by atoms with Gasteiger partial charge in [0.1, 0.15) is 0 Å². The first-order valence-electron chi connectivity index (χ1n) is 5.31. The largest absolute Gasteiger partial charge is 0.285 e. The summed E-state index contributed by atoms with van der Waals surface area (Å²) in [6, 6.07) is 5.42. The molecular weight excluding hydrogens is 188 g/mol. The van der Waals surface area contributed by atoms with Crippen LogP contribution in [0.5, 0.6) is 0 Å². The van der Waals surface area contributed by atoms with Crippen molar-refractivity contribution in [1.29, 1.82) is 0 Å². The van der Waals surface area contributed by atoms with Gasteiger partial charge in [0.25, 0.3) is 5.52 Å². The highest BCUT2D eigenvalue weighted by Crippen LogP contribution is 2.04. The lowest BCUT2D eigenvalue weighted by molar-refractivity contribution is -0.884. The van der Waals surface area contributed by atoms with Gasteiger partial charge in [-0.05, 0) is 6.07 Å². The zero-order valence-electron chi connectivity index (χ0n) is 9.81. The van der Waals surface area contributed by atoms with Crippen LogP contribution in [-0.4, -0.2) is 10.2 Å². The van der Waals surface area contributed by atoms with E-state index < -0.39 is 0 Å². The van der Waals surface area contributed by atoms with E-state index in [1.54, 1.807) is 30.7 Å². The number of fused-ring (bicyclic) bond motifs is 1. The zero-order chi connectivity index (χ0) is 11.7. The summed E-state index contributed by atoms with van der Waals surface area (Å²) in [6.07, 6.45) is 4.94. The molecule has 0 unspecified atom stereocenters. The Hall–Kier alpha value is -1.64. The molecule has 3 heteroatoms. The Balaban J connectivity index is 0.000000442. The Bertz CT molecular complexity index is 383. The van der Waals surface area contributed by atoms with Gasteiger partial charge in [0, 0.05) is 29.3 Å². The molecule has 0 saturated carbocycles. The first-order valence-corrected chi connectivity index (χ1v) is 5.31. The zero-order valence-corrected chi connectivity index (χ0v) is 9.81. The van der Waals surface area contributed by atoms with E-state index in [0.29, 0.717) is 0 Å². The Morgan fingerprint density at radius 3 is 2.40 bits per heavy atom. The molecule has 2 rings (SSSR count). The SMILES string of the molecule is CC.CC.O[n+]1cccc2cnccc21. The number of aromatic nitrogens is 2. The molecule has 0 spiro atoms. The van der Waals surface area contributed by atoms with Gasteiger partial charge in [0.2, 0.25) is 6.20 Å². The second kappa shape index (κ2) is 7.74. The first kappa shape index (κ1) is 13.4. The molecule has 82 valence electrons. The van der Waals surface area contributed by atoms with Crippen molar-refractivity contribution in [2.24, 2.45) is 0 Å². The molecule has 0 radical (unpaired) electrons. The van der Waals surface area contributed by atoms with Crippen LogP contribution in [0.3, 0.4) is 0 Å². The summed E-state index contributed by atoms with van der Waals surface area (Å²) in [5, 5.41) is 10.2. The van der Waals surface area contributed by atoms with Crippen LogP contribution in [0.25, 0.3) is 10.9 Å². The summed E-state index contributed by atoms with van der Waals surface area (Å²) < 4.78 is 1.08. The number of hydrogen-bond acceptors (Lipinski definition) is 2. The van der Waals surface area contributed by atoms with E-state index >= 15 is 0 Å². The molecule has 0 fully saturated rings. The molecule has 2 aromatic heterocycles. The molecule has 15 heavy (non-hydrogen) atoms. The molecule has 0 aliphatic heterocycles. The molecule has 0 amide bonds. The molecule has 2 heterocycles. The molecular formula is C12H19N2O+. The van der Waals surface area contributed by atoms with E-state index in [0.717, 1.165) is 15.6 Å². The van der Waals surface area contributed by atoms with E-state index in [2.05, 4.69) is 4.98 Å². The van der Waals surface area contributed by atoms with Gasteiger partial charge in [0.15, 0.2) is 0 Å². The second-order valence-electron chi connectivity index (χ2n) is 2.29. The van der Waals surface area contributed by atoms with Gasteiger partial charge in [-0.3, -0.25) is 10.2 Å². The van der Waals surface area contributed by atoms with E-state index in [4.69, 9.17) is 0 Å². The van der Waals surface area contributed by atoms with Gasteiger partial charge in [-0.1, -0.05) is 27.7 Å². The quantitative estimate of drug-likeness (QED) is 0.532. The number of pyridine rings is 2. The van der Waals surface area contributed by atoms with Crippen molar-refractivity contribution in [2.75, 3.05) is 0 Å². The third-order valence-electron chi connectivity index (χ3n) is 1.58. The fraction of sp³-hybridized carbons (Fsp3) is 0.333. The minimum Gasteiger partial charge on any atom is -0.285 e. The van der Waals surface area contributed by atoms with Gasteiger partial charge < -0.3 is 0 Å². The van der Waals surface area contributed by atoms with Crippen molar-refractivity contribution in [1.82, 2.24) is 4.98 Å². The van der Waals surface area contributed by atoms with Crippen molar-refractivity contribution >= 4 is 10.9 Å². The maximum atomic E-state index is 9.26. The molecule has 0 aliphatic rings. The van der Waals surface area contributed by atoms with Crippen LogP contribution in [0.1, 0.15) is 27.7 Å². The van der Waals surface area contributed by atoms with E-state index in [1.165, 1.54) is 0 Å². The minimum absolute atomic E-state index is 0.766. The average molecular weight is 207 g/mol. The predicted molar refractivity (Wildman–Crippen MR) is 61.8 cm³/mol. The van der Waals surface area contributed by atoms with Gasteiger partial charge in [-0.15, -0.1) is 0 Å². The van der Waals surface area contributed by atoms with Crippen LogP contribution in [-0.2, 0) is 0 Å². The molecule has 1 N–H and O–H groups in total. The first-order chi connectivity index (χ1) is 7.38. The molecule has 0 atom stereocenters. The Morgan fingerprint density at radius 1 is 1.13 bits per heavy atom. The molecule has 0 saturated heterocycles. The Labute approximate surface area is 91.0 Å². The van der Waals surface area contributed by atoms with Crippen LogP contribution < -0.4 is 4.73 Å². The average Bonchev–Trinajstić information content (AvgIpc) is 2.35. The lowest BCUT2D eigenvalue weighted by atomic mass is 10.3. The molecule has 2 aromatic rings. The summed E-state index contributed by atoms with van der Waals surface area (Å²) in [5.41, 5.74) is 0.766. The molecule has 0 aromatic carbocycles. The van der Waals surface area contributed by atoms with Crippen LogP contribution in [0, 0.1) is 0 Å². The normalized spacial score (nSPS) is 8.27. The number of hydrogen-bond donors (Lipinski definition) is 1. The van der Waals surface area contributed by atoms with E-state index in [9.17, 15) is 5.21 Å². The van der Waals surface area contributed by atoms with Crippen molar-refractivity contribution in [3.05, 3.63) is 36.8 Å².